The van der Waals surface area contributed by atoms with E-state index in [0.717, 1.165) is 11.9 Å². The fraction of sp³-hybridized carbons (Fsp3) is 0.533. The lowest BCUT2D eigenvalue weighted by atomic mass is 9.94. The molecule has 0 radical (unpaired) electrons. The molecule has 2 nitrogen and oxygen atoms in total. The van der Waals surface area contributed by atoms with E-state index in [1.807, 2.05) is 18.2 Å². The van der Waals surface area contributed by atoms with Gasteiger partial charge in [-0.15, -0.1) is 0 Å². The highest BCUT2D eigenvalue weighted by Gasteiger charge is 2.35. The molecule has 0 spiro atoms. The minimum Gasteiger partial charge on any atom is -0.335 e. The third kappa shape index (κ3) is 2.77. The number of nitrogens with zero attached hydrogens (tertiary/aromatic N) is 1. The van der Waals surface area contributed by atoms with Gasteiger partial charge in [0.25, 0.3) is 0 Å². The summed E-state index contributed by atoms with van der Waals surface area (Å²) in [5.41, 5.74) is 1.25. The van der Waals surface area contributed by atoms with E-state index in [9.17, 15) is 4.79 Å². The highest BCUT2D eigenvalue weighted by atomic mass is 79.9. The van der Waals surface area contributed by atoms with Gasteiger partial charge in [0.05, 0.1) is 6.04 Å². The Balaban J connectivity index is 2.24. The van der Waals surface area contributed by atoms with Crippen molar-refractivity contribution in [3.63, 3.8) is 0 Å². The summed E-state index contributed by atoms with van der Waals surface area (Å²) < 4.78 is 0. The Morgan fingerprint density at radius 1 is 1.33 bits per heavy atom. The van der Waals surface area contributed by atoms with E-state index >= 15 is 0 Å². The lowest BCUT2D eigenvalue weighted by molar-refractivity contribution is -0.130. The minimum atomic E-state index is 0.211. The average Bonchev–Trinajstić information content (AvgIpc) is 2.72. The molecule has 1 aliphatic heterocycles. The van der Waals surface area contributed by atoms with Crippen LogP contribution < -0.4 is 0 Å². The predicted molar refractivity (Wildman–Crippen MR) is 77.6 cm³/mol. The Morgan fingerprint density at radius 2 is 2.00 bits per heavy atom. The summed E-state index contributed by atoms with van der Waals surface area (Å²) in [5, 5.41) is 0.912. The van der Waals surface area contributed by atoms with Gasteiger partial charge in [0.1, 0.15) is 0 Å². The number of hydrogen-bond acceptors (Lipinski definition) is 1. The van der Waals surface area contributed by atoms with Crippen molar-refractivity contribution < 1.29 is 4.79 Å². The molecular formula is C15H20BrNO. The maximum Gasteiger partial charge on any atom is 0.223 e. The summed E-state index contributed by atoms with van der Waals surface area (Å²) in [4.78, 5) is 14.2. The highest BCUT2D eigenvalue weighted by Crippen LogP contribution is 2.34. The zero-order valence-electron chi connectivity index (χ0n) is 11.0. The molecule has 2 rings (SSSR count). The third-order valence-corrected chi connectivity index (χ3v) is 4.48. The first-order valence-electron chi connectivity index (χ1n) is 6.54. The number of rotatable bonds is 4. The standard InChI is InChI=1S/C15H20BrNO/c1-11(2)15(13-6-4-3-5-7-13)17-10-12(9-16)8-14(17)18/h3-7,11-12,15H,8-10H2,1-2H3. The van der Waals surface area contributed by atoms with Gasteiger partial charge in [-0.3, -0.25) is 4.79 Å². The van der Waals surface area contributed by atoms with Crippen LogP contribution in [0, 0.1) is 11.8 Å². The van der Waals surface area contributed by atoms with Gasteiger partial charge in [0.2, 0.25) is 5.91 Å². The van der Waals surface area contributed by atoms with Crippen LogP contribution in [-0.2, 0) is 4.79 Å². The van der Waals surface area contributed by atoms with Crippen molar-refractivity contribution >= 4 is 21.8 Å². The van der Waals surface area contributed by atoms with Crippen LogP contribution in [0.25, 0.3) is 0 Å². The van der Waals surface area contributed by atoms with E-state index in [1.54, 1.807) is 0 Å². The Hall–Kier alpha value is -0.830. The van der Waals surface area contributed by atoms with Gasteiger partial charge in [-0.2, -0.15) is 0 Å². The fourth-order valence-electron chi connectivity index (χ4n) is 2.76. The first-order valence-corrected chi connectivity index (χ1v) is 7.66. The first-order chi connectivity index (χ1) is 8.63. The molecule has 1 aliphatic rings. The molecule has 0 aliphatic carbocycles. The van der Waals surface area contributed by atoms with Gasteiger partial charge in [-0.05, 0) is 17.4 Å². The number of likely N-dealkylation sites (tertiary alicyclic amines) is 1. The molecule has 0 N–H and O–H groups in total. The van der Waals surface area contributed by atoms with Crippen LogP contribution in [0.15, 0.2) is 30.3 Å². The van der Waals surface area contributed by atoms with Crippen LogP contribution in [0.3, 0.4) is 0 Å². The number of hydrogen-bond donors (Lipinski definition) is 0. The quantitative estimate of drug-likeness (QED) is 0.778. The molecule has 0 saturated carbocycles. The summed E-state index contributed by atoms with van der Waals surface area (Å²) in [5.74, 6) is 1.19. The van der Waals surface area contributed by atoms with Gasteiger partial charge in [0.15, 0.2) is 0 Å². The van der Waals surface area contributed by atoms with Crippen molar-refractivity contribution in [1.82, 2.24) is 4.90 Å². The number of alkyl halides is 1. The van der Waals surface area contributed by atoms with Gasteiger partial charge in [-0.25, -0.2) is 0 Å². The lowest BCUT2D eigenvalue weighted by Crippen LogP contribution is -2.33. The largest absolute Gasteiger partial charge is 0.335 e. The van der Waals surface area contributed by atoms with Crippen LogP contribution >= 0.6 is 15.9 Å². The number of benzene rings is 1. The molecule has 0 bridgehead atoms. The van der Waals surface area contributed by atoms with E-state index in [0.29, 0.717) is 24.2 Å². The lowest BCUT2D eigenvalue weighted by Gasteiger charge is -2.32. The Kier molecular flexibility index (Phi) is 4.44. The number of halogens is 1. The maximum absolute atomic E-state index is 12.2. The molecule has 18 heavy (non-hydrogen) atoms. The molecule has 1 saturated heterocycles. The first kappa shape index (κ1) is 13.6. The minimum absolute atomic E-state index is 0.211. The van der Waals surface area contributed by atoms with E-state index in [-0.39, 0.29) is 6.04 Å². The van der Waals surface area contributed by atoms with Crippen LogP contribution in [0.1, 0.15) is 31.9 Å². The molecule has 1 fully saturated rings. The molecule has 3 heteroatoms. The predicted octanol–water partition coefficient (Wildman–Crippen LogP) is 3.63. The van der Waals surface area contributed by atoms with E-state index in [4.69, 9.17) is 0 Å². The summed E-state index contributed by atoms with van der Waals surface area (Å²) >= 11 is 3.49. The van der Waals surface area contributed by atoms with Crippen LogP contribution in [0.4, 0.5) is 0 Å². The smallest absolute Gasteiger partial charge is 0.223 e. The maximum atomic E-state index is 12.2. The number of carbonyl (C=O) groups is 1. The number of carbonyl (C=O) groups excluding carboxylic acids is 1. The van der Waals surface area contributed by atoms with Gasteiger partial charge < -0.3 is 4.90 Å². The third-order valence-electron chi connectivity index (χ3n) is 3.57. The SMILES string of the molecule is CC(C)C(c1ccccc1)N1CC(CBr)CC1=O. The highest BCUT2D eigenvalue weighted by molar-refractivity contribution is 9.09. The van der Waals surface area contributed by atoms with Crippen molar-refractivity contribution in [2.45, 2.75) is 26.3 Å². The average molecular weight is 310 g/mol. The van der Waals surface area contributed by atoms with Crippen molar-refractivity contribution in [2.24, 2.45) is 11.8 Å². The van der Waals surface area contributed by atoms with Crippen molar-refractivity contribution in [3.05, 3.63) is 35.9 Å². The fourth-order valence-corrected chi connectivity index (χ4v) is 3.19. The summed E-state index contributed by atoms with van der Waals surface area (Å²) in [6, 6.07) is 10.6. The van der Waals surface area contributed by atoms with Crippen LogP contribution in [0.2, 0.25) is 0 Å². The number of amides is 1. The zero-order valence-corrected chi connectivity index (χ0v) is 12.6. The second-order valence-electron chi connectivity index (χ2n) is 5.37. The normalized spacial score (nSPS) is 21.7. The van der Waals surface area contributed by atoms with Crippen LogP contribution in [-0.4, -0.2) is 22.7 Å². The van der Waals surface area contributed by atoms with E-state index in [2.05, 4.69) is 46.8 Å². The van der Waals surface area contributed by atoms with Gasteiger partial charge in [0, 0.05) is 18.3 Å². The van der Waals surface area contributed by atoms with Gasteiger partial charge >= 0.3 is 0 Å². The Labute approximate surface area is 117 Å². The molecule has 2 atom stereocenters. The van der Waals surface area contributed by atoms with E-state index in [1.165, 1.54) is 5.56 Å². The molecular weight excluding hydrogens is 290 g/mol. The molecule has 1 amide bonds. The Bertz CT molecular complexity index is 404. The van der Waals surface area contributed by atoms with Crippen molar-refractivity contribution in [1.29, 1.82) is 0 Å². The topological polar surface area (TPSA) is 20.3 Å². The van der Waals surface area contributed by atoms with Crippen LogP contribution in [0.5, 0.6) is 0 Å². The summed E-state index contributed by atoms with van der Waals surface area (Å²) in [7, 11) is 0. The van der Waals surface area contributed by atoms with Crippen molar-refractivity contribution in [2.75, 3.05) is 11.9 Å². The second-order valence-corrected chi connectivity index (χ2v) is 6.02. The summed E-state index contributed by atoms with van der Waals surface area (Å²) in [6.07, 6.45) is 0.682. The molecule has 0 aromatic heterocycles. The molecule has 1 heterocycles. The summed E-state index contributed by atoms with van der Waals surface area (Å²) in [6.45, 7) is 5.25. The molecule has 2 unspecified atom stereocenters. The molecule has 98 valence electrons. The zero-order chi connectivity index (χ0) is 13.1. The molecule has 1 aromatic carbocycles. The monoisotopic (exact) mass is 309 g/mol. The van der Waals surface area contributed by atoms with E-state index < -0.39 is 0 Å². The van der Waals surface area contributed by atoms with Crippen molar-refractivity contribution in [3.8, 4) is 0 Å². The molecule has 1 aromatic rings. The second kappa shape index (κ2) is 5.87. The van der Waals surface area contributed by atoms with Gasteiger partial charge in [-0.1, -0.05) is 60.1 Å². The Morgan fingerprint density at radius 3 is 2.50 bits per heavy atom.